The first kappa shape index (κ1) is 28.2. The third kappa shape index (κ3) is 27.3. The molecule has 0 aliphatic heterocycles. The summed E-state index contributed by atoms with van der Waals surface area (Å²) in [5.41, 5.74) is 0. The third-order valence-electron chi connectivity index (χ3n) is 4.24. The van der Waals surface area contributed by atoms with E-state index in [1.165, 1.54) is 64.2 Å². The average molecular weight is 387 g/mol. The molecule has 0 radical (unpaired) electrons. The van der Waals surface area contributed by atoms with Gasteiger partial charge in [0.25, 0.3) is 0 Å². The standard InChI is InChI=1S/C12H24O2.C11H22O2/c1-3-5-6-7-8-9-10-12(13)14-11-4-2;1-3-5-6-7-8-9-10-11(12)13-4-2/h3-11H2,1-2H3;3-10H2,1-2H3. The molecule has 4 heteroatoms. The Morgan fingerprint density at radius 3 is 1.33 bits per heavy atom. The molecule has 0 rings (SSSR count). The van der Waals surface area contributed by atoms with Crippen molar-refractivity contribution >= 4 is 11.9 Å². The van der Waals surface area contributed by atoms with Gasteiger partial charge in [0, 0.05) is 12.8 Å². The van der Waals surface area contributed by atoms with E-state index in [1.54, 1.807) is 0 Å². The van der Waals surface area contributed by atoms with Crippen LogP contribution in [-0.4, -0.2) is 25.2 Å². The van der Waals surface area contributed by atoms with Crippen LogP contribution in [0.25, 0.3) is 0 Å². The van der Waals surface area contributed by atoms with Gasteiger partial charge in [-0.1, -0.05) is 85.0 Å². The lowest BCUT2D eigenvalue weighted by atomic mass is 10.1. The minimum absolute atomic E-state index is 0.0256. The van der Waals surface area contributed by atoms with Crippen LogP contribution in [0, 0.1) is 0 Å². The van der Waals surface area contributed by atoms with Gasteiger partial charge in [-0.25, -0.2) is 0 Å². The van der Waals surface area contributed by atoms with Crippen molar-refractivity contribution in [3.63, 3.8) is 0 Å². The summed E-state index contributed by atoms with van der Waals surface area (Å²) in [5, 5.41) is 0. The molecule has 0 fully saturated rings. The molecule has 0 heterocycles. The van der Waals surface area contributed by atoms with Crippen LogP contribution in [0.1, 0.15) is 124 Å². The summed E-state index contributed by atoms with van der Waals surface area (Å²) in [4.78, 5) is 22.0. The minimum atomic E-state index is -0.0435. The van der Waals surface area contributed by atoms with Gasteiger partial charge < -0.3 is 9.47 Å². The zero-order valence-electron chi connectivity index (χ0n) is 18.7. The molecule has 0 amide bonds. The Bertz CT molecular complexity index is 316. The summed E-state index contributed by atoms with van der Waals surface area (Å²) in [6.07, 6.45) is 16.8. The molecule has 0 aromatic rings. The number of carbonyl (C=O) groups excluding carboxylic acids is 2. The number of hydrogen-bond donors (Lipinski definition) is 0. The van der Waals surface area contributed by atoms with Crippen molar-refractivity contribution in [2.24, 2.45) is 0 Å². The maximum atomic E-state index is 11.1. The van der Waals surface area contributed by atoms with Crippen molar-refractivity contribution in [3.05, 3.63) is 0 Å². The number of carbonyl (C=O) groups is 2. The van der Waals surface area contributed by atoms with E-state index in [9.17, 15) is 9.59 Å². The van der Waals surface area contributed by atoms with Crippen LogP contribution in [0.5, 0.6) is 0 Å². The van der Waals surface area contributed by atoms with Crippen molar-refractivity contribution in [3.8, 4) is 0 Å². The highest BCUT2D eigenvalue weighted by molar-refractivity contribution is 5.69. The van der Waals surface area contributed by atoms with Gasteiger partial charge in [0.15, 0.2) is 0 Å². The van der Waals surface area contributed by atoms with E-state index in [4.69, 9.17) is 9.47 Å². The van der Waals surface area contributed by atoms with Crippen LogP contribution in [0.2, 0.25) is 0 Å². The number of ether oxygens (including phenoxy) is 2. The largest absolute Gasteiger partial charge is 0.466 e. The molecular formula is C23H46O4. The molecule has 0 aromatic carbocycles. The van der Waals surface area contributed by atoms with Crippen molar-refractivity contribution in [2.75, 3.05) is 13.2 Å². The highest BCUT2D eigenvalue weighted by Gasteiger charge is 2.01. The van der Waals surface area contributed by atoms with Gasteiger partial charge >= 0.3 is 11.9 Å². The van der Waals surface area contributed by atoms with Crippen LogP contribution in [0.4, 0.5) is 0 Å². The first-order valence-electron chi connectivity index (χ1n) is 11.4. The minimum Gasteiger partial charge on any atom is -0.466 e. The van der Waals surface area contributed by atoms with Crippen LogP contribution in [-0.2, 0) is 19.1 Å². The quantitative estimate of drug-likeness (QED) is 0.200. The maximum Gasteiger partial charge on any atom is 0.305 e. The highest BCUT2D eigenvalue weighted by atomic mass is 16.5. The van der Waals surface area contributed by atoms with E-state index < -0.39 is 0 Å². The van der Waals surface area contributed by atoms with Gasteiger partial charge in [0.2, 0.25) is 0 Å². The molecule has 0 saturated heterocycles. The molecular weight excluding hydrogens is 340 g/mol. The number of unbranched alkanes of at least 4 members (excludes halogenated alkanes) is 10. The van der Waals surface area contributed by atoms with Crippen molar-refractivity contribution in [1.82, 2.24) is 0 Å². The summed E-state index contributed by atoms with van der Waals surface area (Å²) in [6, 6.07) is 0. The molecule has 27 heavy (non-hydrogen) atoms. The Balaban J connectivity index is 0. The lowest BCUT2D eigenvalue weighted by molar-refractivity contribution is -0.144. The normalized spacial score (nSPS) is 10.1. The number of esters is 2. The molecule has 0 aromatic heterocycles. The van der Waals surface area contributed by atoms with Gasteiger partial charge in [-0.3, -0.25) is 9.59 Å². The molecule has 0 saturated carbocycles. The van der Waals surface area contributed by atoms with Crippen LogP contribution >= 0.6 is 0 Å². The van der Waals surface area contributed by atoms with Gasteiger partial charge in [-0.15, -0.1) is 0 Å². The van der Waals surface area contributed by atoms with Gasteiger partial charge in [-0.05, 0) is 26.2 Å². The number of hydrogen-bond acceptors (Lipinski definition) is 4. The molecule has 0 atom stereocenters. The molecule has 0 N–H and O–H groups in total. The van der Waals surface area contributed by atoms with E-state index in [-0.39, 0.29) is 11.9 Å². The van der Waals surface area contributed by atoms with E-state index in [1.807, 2.05) is 13.8 Å². The topological polar surface area (TPSA) is 52.6 Å². The van der Waals surface area contributed by atoms with Crippen LogP contribution in [0.15, 0.2) is 0 Å². The predicted molar refractivity (Wildman–Crippen MR) is 114 cm³/mol. The van der Waals surface area contributed by atoms with Gasteiger partial charge in [-0.2, -0.15) is 0 Å². The molecule has 0 unspecified atom stereocenters. The second kappa shape index (κ2) is 24.9. The average Bonchev–Trinajstić information content (AvgIpc) is 2.66. The molecule has 4 nitrogen and oxygen atoms in total. The molecule has 0 aliphatic carbocycles. The van der Waals surface area contributed by atoms with Crippen LogP contribution in [0.3, 0.4) is 0 Å². The SMILES string of the molecule is CCCCCCCCC(=O)OCC.CCCCCCCCC(=O)OCCC. The maximum absolute atomic E-state index is 11.1. The fourth-order valence-electron chi connectivity index (χ4n) is 2.62. The Labute approximate surface area is 168 Å². The first-order valence-corrected chi connectivity index (χ1v) is 11.4. The summed E-state index contributed by atoms with van der Waals surface area (Å²) in [5.74, 6) is -0.0691. The predicted octanol–water partition coefficient (Wildman–Crippen LogP) is 6.99. The van der Waals surface area contributed by atoms with E-state index in [2.05, 4.69) is 13.8 Å². The third-order valence-corrected chi connectivity index (χ3v) is 4.24. The monoisotopic (exact) mass is 386 g/mol. The lowest BCUT2D eigenvalue weighted by Crippen LogP contribution is -2.04. The fraction of sp³-hybridized carbons (Fsp3) is 0.913. The van der Waals surface area contributed by atoms with E-state index in [0.717, 1.165) is 19.3 Å². The van der Waals surface area contributed by atoms with E-state index in [0.29, 0.717) is 26.1 Å². The van der Waals surface area contributed by atoms with Gasteiger partial charge in [0.1, 0.15) is 0 Å². The Kier molecular flexibility index (Phi) is 26.0. The smallest absolute Gasteiger partial charge is 0.305 e. The number of rotatable bonds is 17. The van der Waals surface area contributed by atoms with Gasteiger partial charge in [0.05, 0.1) is 13.2 Å². The van der Waals surface area contributed by atoms with E-state index >= 15 is 0 Å². The molecule has 0 aliphatic rings. The van der Waals surface area contributed by atoms with Crippen molar-refractivity contribution in [2.45, 2.75) is 124 Å². The summed E-state index contributed by atoms with van der Waals surface area (Å²) in [7, 11) is 0. The second-order valence-electron chi connectivity index (χ2n) is 7.06. The fourth-order valence-corrected chi connectivity index (χ4v) is 2.62. The Hall–Kier alpha value is -1.06. The molecule has 0 spiro atoms. The van der Waals surface area contributed by atoms with Crippen molar-refractivity contribution in [1.29, 1.82) is 0 Å². The Morgan fingerprint density at radius 1 is 0.519 bits per heavy atom. The first-order chi connectivity index (χ1) is 13.1. The van der Waals surface area contributed by atoms with Crippen molar-refractivity contribution < 1.29 is 19.1 Å². The highest BCUT2D eigenvalue weighted by Crippen LogP contribution is 2.08. The molecule has 162 valence electrons. The zero-order chi connectivity index (χ0) is 20.6. The second-order valence-corrected chi connectivity index (χ2v) is 7.06. The summed E-state index contributed by atoms with van der Waals surface area (Å²) < 4.78 is 9.81. The lowest BCUT2D eigenvalue weighted by Gasteiger charge is -2.02. The summed E-state index contributed by atoms with van der Waals surface area (Å²) in [6.45, 7) is 9.36. The van der Waals surface area contributed by atoms with Crippen LogP contribution < -0.4 is 0 Å². The zero-order valence-corrected chi connectivity index (χ0v) is 18.7. The molecule has 0 bridgehead atoms. The summed E-state index contributed by atoms with van der Waals surface area (Å²) >= 11 is 0. The Morgan fingerprint density at radius 2 is 0.926 bits per heavy atom.